The molecule has 0 spiro atoms. The molecule has 0 saturated heterocycles. The Bertz CT molecular complexity index is 264. The van der Waals surface area contributed by atoms with Gasteiger partial charge in [-0.15, -0.1) is 0 Å². The summed E-state index contributed by atoms with van der Waals surface area (Å²) in [7, 11) is 0.00729. The van der Waals surface area contributed by atoms with Crippen LogP contribution in [0.5, 0.6) is 0 Å². The second-order valence-corrected chi connectivity index (χ2v) is 4.17. The predicted molar refractivity (Wildman–Crippen MR) is 46.2 cm³/mol. The van der Waals surface area contributed by atoms with Crippen molar-refractivity contribution in [1.82, 2.24) is 4.90 Å². The van der Waals surface area contributed by atoms with E-state index < -0.39 is 9.84 Å². The summed E-state index contributed by atoms with van der Waals surface area (Å²) in [5.74, 6) is 0. The second kappa shape index (κ2) is 3.52. The molecule has 0 aliphatic carbocycles. The van der Waals surface area contributed by atoms with Crippen LogP contribution in [0.4, 0.5) is 0 Å². The lowest BCUT2D eigenvalue weighted by molar-refractivity contribution is 0.591. The molecule has 0 aromatic rings. The van der Waals surface area contributed by atoms with Crippen molar-refractivity contribution in [3.63, 3.8) is 0 Å². The van der Waals surface area contributed by atoms with Crippen LogP contribution in [-0.2, 0) is 9.84 Å². The average molecular weight is 176 g/mol. The molecule has 11 heavy (non-hydrogen) atoms. The number of sulfone groups is 1. The van der Waals surface area contributed by atoms with Crippen LogP contribution in [0.15, 0.2) is 17.8 Å². The fraction of sp³-hybridized carbons (Fsp3) is 0.500. The standard InChI is InChI=1S/C6H12N2O2S/c1-5-7-6(8(2)3)11(4,9)10/h5H,1H2,2-4H3/b7-6+. The van der Waals surface area contributed by atoms with Gasteiger partial charge in [0.2, 0.25) is 15.0 Å². The summed E-state index contributed by atoms with van der Waals surface area (Å²) in [5, 5.41) is 0.0208. The van der Waals surface area contributed by atoms with Gasteiger partial charge in [-0.3, -0.25) is 0 Å². The number of hydrogen-bond donors (Lipinski definition) is 0. The first-order valence-electron chi connectivity index (χ1n) is 2.95. The van der Waals surface area contributed by atoms with E-state index in [1.807, 2.05) is 0 Å². The summed E-state index contributed by atoms with van der Waals surface area (Å²) in [4.78, 5) is 5.04. The van der Waals surface area contributed by atoms with Gasteiger partial charge >= 0.3 is 0 Å². The maximum atomic E-state index is 10.9. The molecule has 4 nitrogen and oxygen atoms in total. The molecule has 0 heterocycles. The van der Waals surface area contributed by atoms with Crippen molar-refractivity contribution in [2.24, 2.45) is 4.99 Å². The third-order valence-corrected chi connectivity index (χ3v) is 2.05. The van der Waals surface area contributed by atoms with Crippen LogP contribution >= 0.6 is 0 Å². The van der Waals surface area contributed by atoms with Gasteiger partial charge < -0.3 is 4.90 Å². The highest BCUT2D eigenvalue weighted by Gasteiger charge is 2.13. The first kappa shape index (κ1) is 10.2. The molecule has 0 N–H and O–H groups in total. The normalized spacial score (nSPS) is 12.8. The summed E-state index contributed by atoms with van der Waals surface area (Å²) >= 11 is 0. The molecule has 0 bridgehead atoms. The smallest absolute Gasteiger partial charge is 0.222 e. The molecule has 0 aromatic heterocycles. The lowest BCUT2D eigenvalue weighted by atomic mass is 10.9. The molecule has 0 saturated carbocycles. The minimum absolute atomic E-state index is 0.0208. The highest BCUT2D eigenvalue weighted by atomic mass is 32.2. The quantitative estimate of drug-likeness (QED) is 0.420. The Morgan fingerprint density at radius 2 is 2.00 bits per heavy atom. The maximum Gasteiger partial charge on any atom is 0.222 e. The van der Waals surface area contributed by atoms with Crippen LogP contribution in [-0.4, -0.2) is 38.8 Å². The molecule has 0 aliphatic rings. The van der Waals surface area contributed by atoms with Gasteiger partial charge in [-0.2, -0.15) is 0 Å². The summed E-state index contributed by atoms with van der Waals surface area (Å²) in [6.07, 6.45) is 2.31. The molecule has 64 valence electrons. The summed E-state index contributed by atoms with van der Waals surface area (Å²) in [6.45, 7) is 3.32. The van der Waals surface area contributed by atoms with E-state index in [-0.39, 0.29) is 5.17 Å². The Labute approximate surface area is 67.2 Å². The SMILES string of the molecule is C=C/N=C(\N(C)C)S(C)(=O)=O. The number of rotatable bonds is 1. The van der Waals surface area contributed by atoms with Crippen molar-refractivity contribution >= 4 is 15.0 Å². The Hall–Kier alpha value is -0.840. The molecule has 0 radical (unpaired) electrons. The van der Waals surface area contributed by atoms with Crippen molar-refractivity contribution in [3.8, 4) is 0 Å². The fourth-order valence-corrected chi connectivity index (χ4v) is 1.55. The molecule has 0 rings (SSSR count). The van der Waals surface area contributed by atoms with Crippen LogP contribution in [0.25, 0.3) is 0 Å². The van der Waals surface area contributed by atoms with Crippen LogP contribution < -0.4 is 0 Å². The second-order valence-electron chi connectivity index (χ2n) is 2.26. The van der Waals surface area contributed by atoms with Crippen molar-refractivity contribution in [2.45, 2.75) is 0 Å². The minimum Gasteiger partial charge on any atom is -0.353 e. The molecule has 5 heteroatoms. The largest absolute Gasteiger partial charge is 0.353 e. The topological polar surface area (TPSA) is 49.7 Å². The Balaban J connectivity index is 4.94. The zero-order chi connectivity index (χ0) is 9.07. The molecule has 0 atom stereocenters. The average Bonchev–Trinajstić information content (AvgIpc) is 1.79. The lowest BCUT2D eigenvalue weighted by Gasteiger charge is -2.11. The van der Waals surface area contributed by atoms with E-state index in [2.05, 4.69) is 11.6 Å². The van der Waals surface area contributed by atoms with E-state index in [4.69, 9.17) is 0 Å². The summed E-state index contributed by atoms with van der Waals surface area (Å²) in [5.41, 5.74) is 0. The highest BCUT2D eigenvalue weighted by Crippen LogP contribution is 1.93. The van der Waals surface area contributed by atoms with E-state index in [0.29, 0.717) is 0 Å². The Kier molecular flexibility index (Phi) is 3.25. The molecule has 0 amide bonds. The first-order chi connectivity index (χ1) is 4.89. The van der Waals surface area contributed by atoms with E-state index in [0.717, 1.165) is 6.26 Å². The van der Waals surface area contributed by atoms with Gasteiger partial charge in [0.05, 0.1) is 0 Å². The molecule has 0 unspecified atom stereocenters. The number of hydrogen-bond acceptors (Lipinski definition) is 3. The summed E-state index contributed by atoms with van der Waals surface area (Å²) in [6, 6.07) is 0. The Morgan fingerprint density at radius 1 is 1.55 bits per heavy atom. The van der Waals surface area contributed by atoms with Crippen molar-refractivity contribution in [3.05, 3.63) is 12.8 Å². The zero-order valence-corrected chi connectivity index (χ0v) is 7.72. The molecular weight excluding hydrogens is 164 g/mol. The van der Waals surface area contributed by atoms with Crippen LogP contribution in [0.2, 0.25) is 0 Å². The predicted octanol–water partition coefficient (Wildman–Crippen LogP) is 0.0921. The van der Waals surface area contributed by atoms with Gasteiger partial charge in [0.25, 0.3) is 0 Å². The van der Waals surface area contributed by atoms with Crippen molar-refractivity contribution < 1.29 is 8.42 Å². The minimum atomic E-state index is -3.22. The monoisotopic (exact) mass is 176 g/mol. The van der Waals surface area contributed by atoms with E-state index in [9.17, 15) is 8.42 Å². The van der Waals surface area contributed by atoms with Gasteiger partial charge in [-0.05, 0) is 0 Å². The first-order valence-corrected chi connectivity index (χ1v) is 4.85. The number of nitrogens with zero attached hydrogens (tertiary/aromatic N) is 2. The van der Waals surface area contributed by atoms with Gasteiger partial charge in [0.15, 0.2) is 0 Å². The number of aliphatic imine (C=N–C) groups is 1. The van der Waals surface area contributed by atoms with Gasteiger partial charge in [0.1, 0.15) is 0 Å². The molecule has 0 fully saturated rings. The zero-order valence-electron chi connectivity index (χ0n) is 6.90. The summed E-state index contributed by atoms with van der Waals surface area (Å²) < 4.78 is 21.9. The molecular formula is C6H12N2O2S. The molecule has 0 aromatic carbocycles. The van der Waals surface area contributed by atoms with Gasteiger partial charge in [0, 0.05) is 26.6 Å². The highest BCUT2D eigenvalue weighted by molar-refractivity contribution is 8.05. The third-order valence-electron chi connectivity index (χ3n) is 0.916. The third kappa shape index (κ3) is 3.18. The maximum absolute atomic E-state index is 10.9. The van der Waals surface area contributed by atoms with Crippen LogP contribution in [0.1, 0.15) is 0 Å². The lowest BCUT2D eigenvalue weighted by Crippen LogP contribution is -2.29. The van der Waals surface area contributed by atoms with Crippen molar-refractivity contribution in [2.75, 3.05) is 20.4 Å². The Morgan fingerprint density at radius 3 is 2.09 bits per heavy atom. The van der Waals surface area contributed by atoms with Crippen LogP contribution in [0, 0.1) is 0 Å². The van der Waals surface area contributed by atoms with Gasteiger partial charge in [-0.25, -0.2) is 13.4 Å². The number of amidine groups is 1. The van der Waals surface area contributed by atoms with E-state index in [1.54, 1.807) is 14.1 Å². The fourth-order valence-electron chi connectivity index (χ4n) is 0.621. The van der Waals surface area contributed by atoms with E-state index in [1.165, 1.54) is 11.1 Å². The van der Waals surface area contributed by atoms with Crippen molar-refractivity contribution in [1.29, 1.82) is 0 Å². The van der Waals surface area contributed by atoms with E-state index >= 15 is 0 Å². The molecule has 0 aliphatic heterocycles. The van der Waals surface area contributed by atoms with Crippen LogP contribution in [0.3, 0.4) is 0 Å². The van der Waals surface area contributed by atoms with Gasteiger partial charge in [-0.1, -0.05) is 6.58 Å².